The maximum absolute atomic E-state index is 5.59. The minimum Gasteiger partial charge on any atom is -0.465 e. The van der Waals surface area contributed by atoms with Crippen LogP contribution in [0.5, 0.6) is 0 Å². The van der Waals surface area contributed by atoms with Crippen molar-refractivity contribution in [2.24, 2.45) is 5.73 Å². The summed E-state index contributed by atoms with van der Waals surface area (Å²) in [7, 11) is 2.17. The van der Waals surface area contributed by atoms with Gasteiger partial charge in [0.1, 0.15) is 11.5 Å². The number of rotatable bonds is 6. The molecule has 0 unspecified atom stereocenters. The molecule has 1 aromatic heterocycles. The van der Waals surface area contributed by atoms with Crippen molar-refractivity contribution in [2.45, 2.75) is 32.9 Å². The van der Waals surface area contributed by atoms with Gasteiger partial charge in [-0.1, -0.05) is 0 Å². The van der Waals surface area contributed by atoms with Gasteiger partial charge >= 0.3 is 0 Å². The zero-order valence-electron chi connectivity index (χ0n) is 11.6. The van der Waals surface area contributed by atoms with E-state index < -0.39 is 0 Å². The maximum Gasteiger partial charge on any atom is 0.118 e. The van der Waals surface area contributed by atoms with Crippen LogP contribution in [0, 0.1) is 6.92 Å². The molecule has 0 aromatic carbocycles. The number of aryl methyl sites for hydroxylation is 1. The van der Waals surface area contributed by atoms with Crippen LogP contribution in [-0.2, 0) is 13.1 Å². The van der Waals surface area contributed by atoms with E-state index in [-0.39, 0.29) is 0 Å². The molecular formula is C14H25N3O. The van der Waals surface area contributed by atoms with Gasteiger partial charge in [0.05, 0.1) is 6.54 Å². The van der Waals surface area contributed by atoms with Crippen LogP contribution < -0.4 is 5.73 Å². The van der Waals surface area contributed by atoms with Gasteiger partial charge in [-0.15, -0.1) is 0 Å². The Balaban J connectivity index is 1.78. The van der Waals surface area contributed by atoms with Crippen molar-refractivity contribution >= 4 is 0 Å². The van der Waals surface area contributed by atoms with E-state index in [0.717, 1.165) is 24.6 Å². The fraction of sp³-hybridized carbons (Fsp3) is 0.714. The van der Waals surface area contributed by atoms with E-state index in [1.807, 2.05) is 6.92 Å². The zero-order chi connectivity index (χ0) is 13.0. The molecule has 1 aliphatic heterocycles. The van der Waals surface area contributed by atoms with Crippen molar-refractivity contribution in [2.75, 3.05) is 33.2 Å². The van der Waals surface area contributed by atoms with E-state index in [4.69, 9.17) is 10.2 Å². The average molecular weight is 251 g/mol. The van der Waals surface area contributed by atoms with Crippen molar-refractivity contribution in [3.63, 3.8) is 0 Å². The number of hydrogen-bond donors (Lipinski definition) is 1. The summed E-state index contributed by atoms with van der Waals surface area (Å²) in [5, 5.41) is 0. The fourth-order valence-electron chi connectivity index (χ4n) is 2.53. The second-order valence-corrected chi connectivity index (χ2v) is 5.28. The molecule has 2 heterocycles. The quantitative estimate of drug-likeness (QED) is 0.833. The summed E-state index contributed by atoms with van der Waals surface area (Å²) in [5.41, 5.74) is 6.85. The van der Waals surface area contributed by atoms with Crippen molar-refractivity contribution in [3.05, 3.63) is 23.2 Å². The Kier molecular flexibility index (Phi) is 4.80. The van der Waals surface area contributed by atoms with E-state index in [1.54, 1.807) is 0 Å². The lowest BCUT2D eigenvalue weighted by atomic mass is 10.2. The van der Waals surface area contributed by atoms with Gasteiger partial charge < -0.3 is 20.0 Å². The van der Waals surface area contributed by atoms with Crippen molar-refractivity contribution < 1.29 is 4.42 Å². The normalized spacial score (nSPS) is 16.9. The van der Waals surface area contributed by atoms with Crippen LogP contribution in [0.3, 0.4) is 0 Å². The predicted molar refractivity (Wildman–Crippen MR) is 73.3 cm³/mol. The SMILES string of the molecule is Cc1oc(CN)cc1CN(C)CCN1CCCC1. The molecule has 2 N–H and O–H groups in total. The molecule has 0 radical (unpaired) electrons. The van der Waals surface area contributed by atoms with Gasteiger partial charge in [0, 0.05) is 25.2 Å². The summed E-state index contributed by atoms with van der Waals surface area (Å²) >= 11 is 0. The smallest absolute Gasteiger partial charge is 0.118 e. The fourth-order valence-corrected chi connectivity index (χ4v) is 2.53. The van der Waals surface area contributed by atoms with Crippen LogP contribution in [0.25, 0.3) is 0 Å². The second kappa shape index (κ2) is 6.36. The lowest BCUT2D eigenvalue weighted by Gasteiger charge is -2.20. The van der Waals surface area contributed by atoms with Crippen LogP contribution in [0.2, 0.25) is 0 Å². The summed E-state index contributed by atoms with van der Waals surface area (Å²) in [6.45, 7) is 8.29. The molecule has 0 saturated carbocycles. The van der Waals surface area contributed by atoms with Crippen molar-refractivity contribution in [3.8, 4) is 0 Å². The molecule has 102 valence electrons. The first kappa shape index (κ1) is 13.6. The molecule has 0 atom stereocenters. The molecule has 0 bridgehead atoms. The Morgan fingerprint density at radius 3 is 2.72 bits per heavy atom. The Labute approximate surface area is 110 Å². The number of nitrogens with zero attached hydrogens (tertiary/aromatic N) is 2. The number of furan rings is 1. The minimum atomic E-state index is 0.484. The van der Waals surface area contributed by atoms with Gasteiger partial charge in [-0.25, -0.2) is 0 Å². The highest BCUT2D eigenvalue weighted by atomic mass is 16.3. The van der Waals surface area contributed by atoms with Gasteiger partial charge in [0.25, 0.3) is 0 Å². The standard InChI is InChI=1S/C14H25N3O/c1-12-13(9-14(10-15)18-12)11-16(2)7-8-17-5-3-4-6-17/h9H,3-8,10-11,15H2,1-2H3. The number of nitrogens with two attached hydrogens (primary N) is 1. The Bertz CT molecular complexity index is 369. The molecule has 0 aliphatic carbocycles. The molecule has 4 heteroatoms. The van der Waals surface area contributed by atoms with Gasteiger partial charge in [-0.05, 0) is 46.0 Å². The first-order valence-corrected chi connectivity index (χ1v) is 6.88. The summed E-state index contributed by atoms with van der Waals surface area (Å²) in [5.74, 6) is 1.89. The van der Waals surface area contributed by atoms with Gasteiger partial charge in [0.15, 0.2) is 0 Å². The van der Waals surface area contributed by atoms with E-state index in [0.29, 0.717) is 6.54 Å². The third-order valence-electron chi connectivity index (χ3n) is 3.71. The third kappa shape index (κ3) is 3.57. The molecule has 1 aliphatic rings. The number of hydrogen-bond acceptors (Lipinski definition) is 4. The highest BCUT2D eigenvalue weighted by molar-refractivity contribution is 5.20. The summed E-state index contributed by atoms with van der Waals surface area (Å²) in [4.78, 5) is 4.90. The van der Waals surface area contributed by atoms with Crippen LogP contribution in [0.15, 0.2) is 10.5 Å². The second-order valence-electron chi connectivity index (χ2n) is 5.28. The Morgan fingerprint density at radius 2 is 2.11 bits per heavy atom. The lowest BCUT2D eigenvalue weighted by Crippen LogP contribution is -2.31. The first-order chi connectivity index (χ1) is 8.69. The van der Waals surface area contributed by atoms with Gasteiger partial charge in [-0.2, -0.15) is 0 Å². The molecular weight excluding hydrogens is 226 g/mol. The predicted octanol–water partition coefficient (Wildman–Crippen LogP) is 1.57. The topological polar surface area (TPSA) is 45.6 Å². The zero-order valence-corrected chi connectivity index (χ0v) is 11.6. The molecule has 0 amide bonds. The largest absolute Gasteiger partial charge is 0.465 e. The molecule has 2 rings (SSSR count). The van der Waals surface area contributed by atoms with Crippen LogP contribution in [0.4, 0.5) is 0 Å². The molecule has 4 nitrogen and oxygen atoms in total. The molecule has 1 aromatic rings. The number of likely N-dealkylation sites (N-methyl/N-ethyl adjacent to an activating group) is 1. The van der Waals surface area contributed by atoms with E-state index in [9.17, 15) is 0 Å². The maximum atomic E-state index is 5.59. The van der Waals surface area contributed by atoms with Crippen LogP contribution >= 0.6 is 0 Å². The van der Waals surface area contributed by atoms with E-state index in [2.05, 4.69) is 22.9 Å². The average Bonchev–Trinajstić information content (AvgIpc) is 2.97. The van der Waals surface area contributed by atoms with E-state index in [1.165, 1.54) is 38.0 Å². The van der Waals surface area contributed by atoms with Crippen LogP contribution in [0.1, 0.15) is 29.9 Å². The third-order valence-corrected chi connectivity index (χ3v) is 3.71. The Morgan fingerprint density at radius 1 is 1.39 bits per heavy atom. The van der Waals surface area contributed by atoms with Crippen LogP contribution in [-0.4, -0.2) is 43.0 Å². The highest BCUT2D eigenvalue weighted by Crippen LogP contribution is 2.16. The monoisotopic (exact) mass is 251 g/mol. The molecule has 1 fully saturated rings. The summed E-state index contributed by atoms with van der Waals surface area (Å²) in [6, 6.07) is 2.09. The Hall–Kier alpha value is -0.840. The van der Waals surface area contributed by atoms with Gasteiger partial charge in [-0.3, -0.25) is 0 Å². The first-order valence-electron chi connectivity index (χ1n) is 6.88. The van der Waals surface area contributed by atoms with Crippen molar-refractivity contribution in [1.29, 1.82) is 0 Å². The summed E-state index contributed by atoms with van der Waals surface area (Å²) < 4.78 is 5.58. The van der Waals surface area contributed by atoms with Gasteiger partial charge in [0.2, 0.25) is 0 Å². The molecule has 0 spiro atoms. The number of likely N-dealkylation sites (tertiary alicyclic amines) is 1. The lowest BCUT2D eigenvalue weighted by molar-refractivity contribution is 0.251. The minimum absolute atomic E-state index is 0.484. The highest BCUT2D eigenvalue weighted by Gasteiger charge is 2.13. The molecule has 18 heavy (non-hydrogen) atoms. The van der Waals surface area contributed by atoms with Crippen molar-refractivity contribution in [1.82, 2.24) is 9.80 Å². The van der Waals surface area contributed by atoms with E-state index >= 15 is 0 Å². The molecule has 1 saturated heterocycles. The summed E-state index contributed by atoms with van der Waals surface area (Å²) in [6.07, 6.45) is 2.73.